The number of hydrogen-bond acceptors (Lipinski definition) is 4. The van der Waals surface area contributed by atoms with Crippen LogP contribution >= 0.6 is 0 Å². The van der Waals surface area contributed by atoms with Gasteiger partial charge in [0.15, 0.2) is 0 Å². The van der Waals surface area contributed by atoms with E-state index in [-0.39, 0.29) is 29.5 Å². The molecule has 3 aliphatic heterocycles. The molecule has 3 fully saturated rings. The monoisotopic (exact) mass is 480 g/mol. The lowest BCUT2D eigenvalue weighted by atomic mass is 9.70. The Bertz CT molecular complexity index is 1080. The molecule has 0 unspecified atom stereocenters. The van der Waals surface area contributed by atoms with Crippen LogP contribution < -0.4 is 10.1 Å². The molecule has 6 heteroatoms. The minimum absolute atomic E-state index is 0.0509. The van der Waals surface area contributed by atoms with Gasteiger partial charge in [-0.1, -0.05) is 32.9 Å². The lowest BCUT2D eigenvalue weighted by molar-refractivity contribution is -0.0353. The Morgan fingerprint density at radius 1 is 1.20 bits per heavy atom. The van der Waals surface area contributed by atoms with E-state index in [9.17, 15) is 4.79 Å². The Kier molecular flexibility index (Phi) is 6.75. The van der Waals surface area contributed by atoms with Gasteiger partial charge in [0, 0.05) is 12.1 Å². The zero-order valence-electron chi connectivity index (χ0n) is 21.1. The van der Waals surface area contributed by atoms with Crippen molar-refractivity contribution >= 4 is 6.09 Å². The van der Waals surface area contributed by atoms with E-state index in [1.54, 1.807) is 6.07 Å². The van der Waals surface area contributed by atoms with Gasteiger partial charge in [-0.05, 0) is 97.5 Å². The van der Waals surface area contributed by atoms with E-state index in [4.69, 9.17) is 9.47 Å². The zero-order valence-corrected chi connectivity index (χ0v) is 21.1. The Labute approximate surface area is 208 Å². The quantitative estimate of drug-likeness (QED) is 0.542. The van der Waals surface area contributed by atoms with Crippen molar-refractivity contribution in [3.8, 4) is 16.9 Å². The number of halogens is 1. The Hall–Kier alpha value is -2.60. The van der Waals surface area contributed by atoms with Crippen LogP contribution in [0.15, 0.2) is 36.4 Å². The number of rotatable bonds is 6. The molecular formula is C29H37FN2O3. The number of alkyl carbamates (subject to hydrolysis) is 1. The van der Waals surface area contributed by atoms with Gasteiger partial charge < -0.3 is 14.8 Å². The minimum atomic E-state index is -0.389. The van der Waals surface area contributed by atoms with Crippen molar-refractivity contribution in [3.63, 3.8) is 0 Å². The van der Waals surface area contributed by atoms with E-state index in [0.717, 1.165) is 74.2 Å². The summed E-state index contributed by atoms with van der Waals surface area (Å²) in [4.78, 5) is 15.4. The highest BCUT2D eigenvalue weighted by Crippen LogP contribution is 2.45. The number of amides is 1. The third-order valence-electron chi connectivity index (χ3n) is 8.09. The number of nitrogens with one attached hydrogen (secondary N) is 1. The molecular weight excluding hydrogens is 443 g/mol. The van der Waals surface area contributed by atoms with E-state index in [1.807, 2.05) is 30.3 Å². The maximum absolute atomic E-state index is 15.5. The first-order valence-electron chi connectivity index (χ1n) is 13.1. The van der Waals surface area contributed by atoms with Crippen LogP contribution in [0.3, 0.4) is 0 Å². The number of nitrogens with zero attached hydrogens (tertiary/aromatic N) is 1. The van der Waals surface area contributed by atoms with Crippen LogP contribution in [0, 0.1) is 17.2 Å². The standard InChI is InChI=1S/C29H37FN2O3/c1-4-14-34-22-7-5-6-20(15-22)23-16-21-8-11-29(2,3)27(24(21)17-25(23)30)31-28(33)35-26-18-32-12-9-19(26)10-13-32/h5-7,15-17,19,26-27H,4,8-14,18H2,1-3H3,(H,31,33)/t26-,27+/m1/s1. The van der Waals surface area contributed by atoms with Gasteiger partial charge in [-0.15, -0.1) is 0 Å². The molecule has 188 valence electrons. The van der Waals surface area contributed by atoms with Gasteiger partial charge >= 0.3 is 6.09 Å². The fraction of sp³-hybridized carbons (Fsp3) is 0.552. The summed E-state index contributed by atoms with van der Waals surface area (Å²) >= 11 is 0. The highest BCUT2D eigenvalue weighted by Gasteiger charge is 2.40. The van der Waals surface area contributed by atoms with Crippen molar-refractivity contribution in [2.24, 2.45) is 11.3 Å². The molecule has 6 rings (SSSR count). The fourth-order valence-electron chi connectivity index (χ4n) is 5.94. The van der Waals surface area contributed by atoms with E-state index >= 15 is 4.39 Å². The Morgan fingerprint density at radius 2 is 2.00 bits per heavy atom. The number of benzene rings is 2. The first kappa shape index (κ1) is 24.1. The molecule has 2 bridgehead atoms. The molecule has 2 atom stereocenters. The molecule has 3 saturated heterocycles. The predicted molar refractivity (Wildman–Crippen MR) is 135 cm³/mol. The van der Waals surface area contributed by atoms with Gasteiger partial charge in [-0.25, -0.2) is 9.18 Å². The minimum Gasteiger partial charge on any atom is -0.494 e. The summed E-state index contributed by atoms with van der Waals surface area (Å²) in [7, 11) is 0. The lowest BCUT2D eigenvalue weighted by Crippen LogP contribution is -2.53. The highest BCUT2D eigenvalue weighted by atomic mass is 19.1. The molecule has 1 N–H and O–H groups in total. The summed E-state index contributed by atoms with van der Waals surface area (Å²) in [6.07, 6.45) is 4.40. The fourth-order valence-corrected chi connectivity index (χ4v) is 5.94. The molecule has 1 amide bonds. The van der Waals surface area contributed by atoms with Crippen molar-refractivity contribution in [2.45, 2.75) is 65.0 Å². The van der Waals surface area contributed by atoms with Crippen LogP contribution in [-0.2, 0) is 11.2 Å². The van der Waals surface area contributed by atoms with Crippen LogP contribution in [0.1, 0.15) is 63.6 Å². The van der Waals surface area contributed by atoms with Gasteiger partial charge in [-0.2, -0.15) is 0 Å². The predicted octanol–water partition coefficient (Wildman–Crippen LogP) is 6.12. The van der Waals surface area contributed by atoms with E-state index in [2.05, 4.69) is 31.0 Å². The summed E-state index contributed by atoms with van der Waals surface area (Å²) in [6, 6.07) is 10.9. The van der Waals surface area contributed by atoms with Crippen LogP contribution in [0.2, 0.25) is 0 Å². The molecule has 5 nitrogen and oxygen atoms in total. The summed E-state index contributed by atoms with van der Waals surface area (Å²) in [5.74, 6) is 0.916. The SMILES string of the molecule is CCCOc1cccc(-c2cc3c(cc2F)[C@H](NC(=O)O[C@@H]2CN4CCC2CC4)C(C)(C)CC3)c1. The molecule has 2 aromatic carbocycles. The molecule has 4 aliphatic rings. The number of ether oxygens (including phenoxy) is 2. The van der Waals surface area contributed by atoms with Gasteiger partial charge in [-0.3, -0.25) is 4.90 Å². The summed E-state index contributed by atoms with van der Waals surface area (Å²) in [5, 5.41) is 3.12. The van der Waals surface area contributed by atoms with E-state index in [1.165, 1.54) is 0 Å². The van der Waals surface area contributed by atoms with Crippen LogP contribution in [0.5, 0.6) is 5.75 Å². The maximum Gasteiger partial charge on any atom is 0.407 e. The normalized spacial score (nSPS) is 26.6. The zero-order chi connectivity index (χ0) is 24.6. The lowest BCUT2D eigenvalue weighted by Gasteiger charge is -2.44. The van der Waals surface area contributed by atoms with E-state index < -0.39 is 0 Å². The van der Waals surface area contributed by atoms with Gasteiger partial charge in [0.25, 0.3) is 0 Å². The Morgan fingerprint density at radius 3 is 2.71 bits per heavy atom. The molecule has 35 heavy (non-hydrogen) atoms. The first-order valence-corrected chi connectivity index (χ1v) is 13.1. The van der Waals surface area contributed by atoms with Crippen LogP contribution in [0.25, 0.3) is 11.1 Å². The van der Waals surface area contributed by atoms with Gasteiger partial charge in [0.05, 0.1) is 12.6 Å². The first-order chi connectivity index (χ1) is 16.8. The third kappa shape index (κ3) is 5.04. The maximum atomic E-state index is 15.5. The number of aryl methyl sites for hydroxylation is 1. The van der Waals surface area contributed by atoms with Gasteiger partial charge in [0.2, 0.25) is 0 Å². The molecule has 1 aliphatic carbocycles. The second kappa shape index (κ2) is 9.81. The van der Waals surface area contributed by atoms with Crippen molar-refractivity contribution in [3.05, 3.63) is 53.3 Å². The Balaban J connectivity index is 1.37. The average Bonchev–Trinajstić information content (AvgIpc) is 2.85. The number of carbonyl (C=O) groups is 1. The molecule has 2 aromatic rings. The van der Waals surface area contributed by atoms with E-state index in [0.29, 0.717) is 18.1 Å². The summed E-state index contributed by atoms with van der Waals surface area (Å²) < 4.78 is 27.2. The molecule has 0 radical (unpaired) electrons. The van der Waals surface area contributed by atoms with Crippen molar-refractivity contribution in [1.82, 2.24) is 10.2 Å². The van der Waals surface area contributed by atoms with Crippen LogP contribution in [0.4, 0.5) is 9.18 Å². The number of carbonyl (C=O) groups excluding carboxylic acids is 1. The number of hydrogen-bond donors (Lipinski definition) is 1. The largest absolute Gasteiger partial charge is 0.494 e. The summed E-state index contributed by atoms with van der Waals surface area (Å²) in [5.41, 5.74) is 3.10. The average molecular weight is 481 g/mol. The molecule has 0 spiro atoms. The second-order valence-electron chi connectivity index (χ2n) is 11.1. The van der Waals surface area contributed by atoms with Crippen LogP contribution in [-0.4, -0.2) is 43.3 Å². The van der Waals surface area contributed by atoms with Crippen molar-refractivity contribution < 1.29 is 18.7 Å². The highest BCUT2D eigenvalue weighted by molar-refractivity contribution is 5.70. The molecule has 0 aromatic heterocycles. The summed E-state index contributed by atoms with van der Waals surface area (Å²) in [6.45, 7) is 9.99. The van der Waals surface area contributed by atoms with Crippen molar-refractivity contribution in [2.75, 3.05) is 26.2 Å². The topological polar surface area (TPSA) is 50.8 Å². The third-order valence-corrected chi connectivity index (χ3v) is 8.09. The number of fused-ring (bicyclic) bond motifs is 4. The molecule has 3 heterocycles. The second-order valence-corrected chi connectivity index (χ2v) is 11.1. The van der Waals surface area contributed by atoms with Gasteiger partial charge in [0.1, 0.15) is 17.7 Å². The number of piperidine rings is 3. The molecule has 0 saturated carbocycles. The smallest absolute Gasteiger partial charge is 0.407 e. The van der Waals surface area contributed by atoms with Crippen molar-refractivity contribution in [1.29, 1.82) is 0 Å².